The first kappa shape index (κ1) is 86.0. The average molecular weight is 1600 g/mol. The number of alkyl carbamates (subject to hydrolysis) is 2. The summed E-state index contributed by atoms with van der Waals surface area (Å²) in [5.74, 6) is -3.01. The van der Waals surface area contributed by atoms with Gasteiger partial charge in [-0.05, 0) is 194 Å². The van der Waals surface area contributed by atoms with Gasteiger partial charge in [-0.2, -0.15) is 13.2 Å². The van der Waals surface area contributed by atoms with Crippen LogP contribution in [0.1, 0.15) is 208 Å². The minimum absolute atomic E-state index is 0.00215. The van der Waals surface area contributed by atoms with Crippen LogP contribution in [0.2, 0.25) is 0 Å². The van der Waals surface area contributed by atoms with Gasteiger partial charge in [-0.3, -0.25) is 38.9 Å². The second-order valence-corrected chi connectivity index (χ2v) is 35.7. The Morgan fingerprint density at radius 1 is 0.514 bits per heavy atom. The van der Waals surface area contributed by atoms with Crippen molar-refractivity contribution in [2.45, 2.75) is 267 Å². The Labute approximate surface area is 649 Å². The fourth-order valence-corrected chi connectivity index (χ4v) is 21.0. The molecule has 10 atom stereocenters. The van der Waals surface area contributed by atoms with Crippen molar-refractivity contribution in [2.24, 2.45) is 11.8 Å². The number of fused-ring (bicyclic) bond motifs is 4. The van der Waals surface area contributed by atoms with Gasteiger partial charge in [0.05, 0.1) is 67.8 Å². The zero-order valence-corrected chi connectivity index (χ0v) is 67.0. The van der Waals surface area contributed by atoms with Crippen molar-refractivity contribution in [1.82, 2.24) is 31.1 Å². The average Bonchev–Trinajstić information content (AvgIpc) is 1.56. The van der Waals surface area contributed by atoms with E-state index in [-0.39, 0.29) is 88.8 Å². The molecule has 111 heavy (non-hydrogen) atoms. The lowest BCUT2D eigenvalue weighted by molar-refractivity contribution is -0.140. The summed E-state index contributed by atoms with van der Waals surface area (Å²) in [4.78, 5) is 118. The summed E-state index contributed by atoms with van der Waals surface area (Å²) < 4.78 is 116. The van der Waals surface area contributed by atoms with Crippen LogP contribution in [0.25, 0.3) is 0 Å². The Balaban J connectivity index is 0.000000236. The zero-order chi connectivity index (χ0) is 79.7. The SMILES string of the molecule is CCOP(=O)(OCC)[C@@]12C[C@H]1/C=C\CCCCC[C@H](NC(=O)OC(C)(C)C)C(=O)N1C[C@H](OC(=O)Nc3cc(C(F)(F)F)ccc3N3CCCCC3)C[C@H]1C(=O)N2.CCOP(=O)(OCC)[C@@]12C[C@H]1/C=C\CCCCC[C@H](NC(=O)OC1CCCC1)C(=O)N1C[C@H](OC(=O)Nc3ccccc3N3CCCCC3)C[C@H]1C(=O)N2. The number of para-hydroxylation sites is 2. The van der Waals surface area contributed by atoms with Gasteiger partial charge in [-0.25, -0.2) is 19.2 Å². The highest BCUT2D eigenvalue weighted by atomic mass is 31.2. The number of anilines is 4. The number of allylic oxidation sites excluding steroid dienone is 2. The standard InChI is InChI=1S/C39H57F3N5O9P.C39H58N5O9P/c1-6-53-57(52,54-7-2)38-24-27(38)16-12-9-8-10-13-17-29(43-36(51)56-37(3,4)5)34(49)47-25-28(23-32(47)33(48)45-38)55-35(50)44-30-22-26(39(40,41)42)18-19-31(30)46-20-14-11-15-21-46;1-3-50-54(49,51-4-2)39-26-28(39)17-9-6-5-7-10-21-32(41-38(48)52-29-18-11-12-19-29)36(46)44-27-30(25-34(44)35(45)42-39)53-37(47)40-31-20-13-14-22-33(31)43-23-15-8-16-24-43/h12,16,18-19,22,27-29,32H,6-11,13-15,17,20-21,23-25H2,1-5H3,(H,43,51)(H,44,50)(H,45,48);9,13-14,17,20,22,28-30,32,34H,3-8,10-12,15-16,18-19,21,23-27H2,1-2H3,(H,40,47)(H,41,48)(H,42,45)/b16-12-;17-9-/t27-,28-,29+,32+,38+;28-,30-,32+,34+,39+/m11/s1. The summed E-state index contributed by atoms with van der Waals surface area (Å²) in [6.07, 6.45) is 14.2. The quantitative estimate of drug-likeness (QED) is 0.0432. The molecule has 4 saturated heterocycles. The molecule has 2 aromatic carbocycles. The fraction of sp³-hybridized carbons (Fsp3) is 0.692. The van der Waals surface area contributed by atoms with E-state index in [1.54, 1.807) is 48.5 Å². The van der Waals surface area contributed by atoms with Crippen LogP contribution in [0, 0.1) is 11.8 Å². The molecule has 11 rings (SSSR count). The summed E-state index contributed by atoms with van der Waals surface area (Å²) in [5, 5.41) is 14.1. The van der Waals surface area contributed by atoms with Gasteiger partial charge in [0, 0.05) is 50.9 Å². The van der Waals surface area contributed by atoms with Gasteiger partial charge in [0.1, 0.15) is 58.6 Å². The van der Waals surface area contributed by atoms with Gasteiger partial charge in [0.25, 0.3) is 0 Å². The number of ether oxygens (including phenoxy) is 4. The predicted molar refractivity (Wildman–Crippen MR) is 411 cm³/mol. The summed E-state index contributed by atoms with van der Waals surface area (Å²) in [6.45, 7) is 14.8. The van der Waals surface area contributed by atoms with Gasteiger partial charge in [-0.15, -0.1) is 0 Å². The lowest BCUT2D eigenvalue weighted by Crippen LogP contribution is -2.55. The normalized spacial score (nSPS) is 27.8. The van der Waals surface area contributed by atoms with Gasteiger partial charge < -0.3 is 77.9 Å². The molecule has 0 bridgehead atoms. The highest BCUT2D eigenvalue weighted by Crippen LogP contribution is 2.74. The third kappa shape index (κ3) is 22.1. The van der Waals surface area contributed by atoms with E-state index >= 15 is 0 Å². The molecule has 0 unspecified atom stereocenters. The molecule has 0 spiro atoms. The molecule has 9 aliphatic rings. The highest BCUT2D eigenvalue weighted by Gasteiger charge is 2.70. The maximum Gasteiger partial charge on any atom is 0.416 e. The van der Waals surface area contributed by atoms with Gasteiger partial charge in [0.15, 0.2) is 0 Å². The monoisotopic (exact) mass is 1600 g/mol. The van der Waals surface area contributed by atoms with Crippen LogP contribution >= 0.6 is 15.2 Å². The Hall–Kier alpha value is -7.43. The molecule has 0 aromatic heterocycles. The Bertz CT molecular complexity index is 3720. The van der Waals surface area contributed by atoms with E-state index in [9.17, 15) is 60.7 Å². The van der Waals surface area contributed by atoms with Gasteiger partial charge in [0.2, 0.25) is 23.6 Å². The van der Waals surface area contributed by atoms with Gasteiger partial charge in [-0.1, -0.05) is 62.1 Å². The van der Waals surface area contributed by atoms with Gasteiger partial charge >= 0.3 is 45.7 Å². The summed E-state index contributed by atoms with van der Waals surface area (Å²) in [6, 6.07) is 6.33. The van der Waals surface area contributed by atoms with Crippen LogP contribution in [0.15, 0.2) is 66.8 Å². The number of carbonyl (C=O) groups excluding carboxylic acids is 8. The first-order chi connectivity index (χ1) is 53.0. The maximum absolute atomic E-state index is 14.5. The Morgan fingerprint density at radius 3 is 1.38 bits per heavy atom. The summed E-state index contributed by atoms with van der Waals surface area (Å²) in [7, 11) is -7.81. The number of hydrogen-bond donors (Lipinski definition) is 6. The van der Waals surface area contributed by atoms with Crippen LogP contribution in [0.4, 0.5) is 55.1 Å². The maximum atomic E-state index is 14.5. The molecular formula is C78H115F3N10O18P2. The fourth-order valence-electron chi connectivity index (χ4n) is 16.2. The third-order valence-corrected chi connectivity index (χ3v) is 27.4. The number of nitrogens with one attached hydrogen (secondary N) is 6. The van der Waals surface area contributed by atoms with Crippen molar-refractivity contribution in [3.05, 3.63) is 72.3 Å². The van der Waals surface area contributed by atoms with Crippen molar-refractivity contribution in [3.8, 4) is 0 Å². The second kappa shape index (κ2) is 38.6. The largest absolute Gasteiger partial charge is 0.446 e. The number of piperidine rings is 2. The third-order valence-electron chi connectivity index (χ3n) is 21.8. The number of halogens is 3. The van der Waals surface area contributed by atoms with Crippen molar-refractivity contribution in [2.75, 3.05) is 86.1 Å². The molecule has 616 valence electrons. The van der Waals surface area contributed by atoms with E-state index in [0.717, 1.165) is 121 Å². The Morgan fingerprint density at radius 2 is 0.928 bits per heavy atom. The first-order valence-electron chi connectivity index (χ1n) is 40.1. The van der Waals surface area contributed by atoms with Crippen LogP contribution in [-0.2, 0) is 71.5 Å². The van der Waals surface area contributed by atoms with Crippen molar-refractivity contribution >= 4 is 85.9 Å². The lowest BCUT2D eigenvalue weighted by Gasteiger charge is -2.32. The lowest BCUT2D eigenvalue weighted by atomic mass is 10.0. The van der Waals surface area contributed by atoms with Crippen LogP contribution < -0.4 is 41.7 Å². The molecule has 33 heteroatoms. The number of carbonyl (C=O) groups is 8. The zero-order valence-electron chi connectivity index (χ0n) is 65.3. The molecule has 6 N–H and O–H groups in total. The van der Waals surface area contributed by atoms with E-state index in [0.29, 0.717) is 56.6 Å². The number of rotatable bonds is 19. The molecule has 7 fully saturated rings. The molecule has 2 aromatic rings. The molecular weight excluding hydrogens is 1480 g/mol. The summed E-state index contributed by atoms with van der Waals surface area (Å²) in [5.41, 5.74) is 0.0445. The molecule has 3 saturated carbocycles. The van der Waals surface area contributed by atoms with E-state index in [4.69, 9.17) is 37.0 Å². The Kier molecular flexibility index (Phi) is 29.9. The smallest absolute Gasteiger partial charge is 0.416 e. The number of nitrogens with zero attached hydrogens (tertiary/aromatic N) is 4. The summed E-state index contributed by atoms with van der Waals surface area (Å²) >= 11 is 0. The van der Waals surface area contributed by atoms with Crippen molar-refractivity contribution < 1.29 is 97.7 Å². The van der Waals surface area contributed by atoms with Crippen molar-refractivity contribution in [1.29, 1.82) is 0 Å². The molecule has 28 nitrogen and oxygen atoms in total. The van der Waals surface area contributed by atoms with E-state index < -0.39 is 127 Å². The van der Waals surface area contributed by atoms with E-state index in [1.807, 2.05) is 53.5 Å². The molecule has 8 amide bonds. The molecule has 6 aliphatic heterocycles. The van der Waals surface area contributed by atoms with Crippen LogP contribution in [0.5, 0.6) is 0 Å². The highest BCUT2D eigenvalue weighted by molar-refractivity contribution is 7.56. The van der Waals surface area contributed by atoms with Crippen molar-refractivity contribution in [3.63, 3.8) is 0 Å². The minimum Gasteiger partial charge on any atom is -0.446 e. The van der Waals surface area contributed by atoms with Crippen LogP contribution in [-0.4, -0.2) is 182 Å². The number of alkyl halides is 3. The molecule has 6 heterocycles. The van der Waals surface area contributed by atoms with E-state index in [2.05, 4.69) is 36.8 Å². The minimum atomic E-state index is -4.67. The number of hydrogen-bond acceptors (Lipinski definition) is 20. The molecule has 0 radical (unpaired) electrons. The first-order valence-corrected chi connectivity index (χ1v) is 43.2. The second-order valence-electron chi connectivity index (χ2n) is 31.1. The topological polar surface area (TPSA) is 330 Å². The van der Waals surface area contributed by atoms with E-state index in [1.165, 1.54) is 22.3 Å². The predicted octanol–water partition coefficient (Wildman–Crippen LogP) is 14.6. The number of benzene rings is 2. The van der Waals surface area contributed by atoms with Crippen LogP contribution in [0.3, 0.4) is 0 Å². The molecule has 3 aliphatic carbocycles. The number of amides is 8.